The Kier molecular flexibility index (Phi) is 2.24. The van der Waals surface area contributed by atoms with E-state index >= 15 is 0 Å². The number of hydrogen-bond acceptors (Lipinski definition) is 2. The molecule has 3 nitrogen and oxygen atoms in total. The Morgan fingerprint density at radius 1 is 1.58 bits per heavy atom. The van der Waals surface area contributed by atoms with Gasteiger partial charge in [-0.3, -0.25) is 4.68 Å². The monoisotopic (exact) mass is 167 g/mol. The van der Waals surface area contributed by atoms with Crippen LogP contribution < -0.4 is 5.73 Å². The van der Waals surface area contributed by atoms with E-state index in [-0.39, 0.29) is 5.54 Å². The number of nitrogens with zero attached hydrogens (tertiary/aromatic N) is 2. The van der Waals surface area contributed by atoms with Crippen molar-refractivity contribution < 1.29 is 0 Å². The summed E-state index contributed by atoms with van der Waals surface area (Å²) in [5, 5.41) is 4.33. The lowest BCUT2D eigenvalue weighted by molar-refractivity contribution is 0.506. The molecule has 12 heavy (non-hydrogen) atoms. The van der Waals surface area contributed by atoms with E-state index in [2.05, 4.69) is 11.2 Å². The molecule has 0 aliphatic heterocycles. The molecule has 0 bridgehead atoms. The molecule has 1 aromatic heterocycles. The second-order valence-electron chi connectivity index (χ2n) is 4.07. The zero-order valence-corrected chi connectivity index (χ0v) is 8.26. The molecular formula is C9H17N3. The summed E-state index contributed by atoms with van der Waals surface area (Å²) in [4.78, 5) is 0. The predicted molar refractivity (Wildman–Crippen MR) is 49.9 cm³/mol. The highest BCUT2D eigenvalue weighted by Crippen LogP contribution is 2.09. The summed E-state index contributed by atoms with van der Waals surface area (Å²) in [6, 6.07) is 2.08. The third-order valence-electron chi connectivity index (χ3n) is 1.80. The normalized spacial score (nSPS) is 12.1. The molecule has 1 aromatic rings. The Morgan fingerprint density at radius 2 is 2.17 bits per heavy atom. The van der Waals surface area contributed by atoms with Crippen molar-refractivity contribution in [3.8, 4) is 0 Å². The third kappa shape index (κ3) is 2.34. The fourth-order valence-electron chi connectivity index (χ4n) is 1.19. The van der Waals surface area contributed by atoms with Crippen molar-refractivity contribution in [2.75, 3.05) is 0 Å². The molecular weight excluding hydrogens is 150 g/mol. The maximum absolute atomic E-state index is 5.88. The Morgan fingerprint density at radius 3 is 2.50 bits per heavy atom. The van der Waals surface area contributed by atoms with Crippen molar-refractivity contribution in [1.82, 2.24) is 9.78 Å². The van der Waals surface area contributed by atoms with Crippen LogP contribution in [0.1, 0.15) is 25.2 Å². The molecule has 2 N–H and O–H groups in total. The van der Waals surface area contributed by atoms with E-state index in [1.54, 1.807) is 0 Å². The van der Waals surface area contributed by atoms with E-state index in [1.165, 1.54) is 5.69 Å². The maximum atomic E-state index is 5.88. The molecule has 0 saturated carbocycles. The number of hydrogen-bond donors (Lipinski definition) is 1. The van der Waals surface area contributed by atoms with E-state index in [0.29, 0.717) is 0 Å². The van der Waals surface area contributed by atoms with Gasteiger partial charge in [-0.2, -0.15) is 5.10 Å². The molecule has 3 heteroatoms. The quantitative estimate of drug-likeness (QED) is 0.714. The van der Waals surface area contributed by atoms with Crippen molar-refractivity contribution in [2.45, 2.75) is 32.7 Å². The van der Waals surface area contributed by atoms with Crippen LogP contribution in [-0.4, -0.2) is 15.3 Å². The zero-order chi connectivity index (χ0) is 9.35. The average Bonchev–Trinajstić information content (AvgIpc) is 2.07. The van der Waals surface area contributed by atoms with Gasteiger partial charge in [-0.05, 0) is 26.8 Å². The van der Waals surface area contributed by atoms with Gasteiger partial charge in [0.1, 0.15) is 0 Å². The number of rotatable bonds is 2. The van der Waals surface area contributed by atoms with Crippen LogP contribution in [0.15, 0.2) is 6.07 Å². The van der Waals surface area contributed by atoms with Gasteiger partial charge in [0.05, 0.1) is 5.69 Å². The Hall–Kier alpha value is -0.830. The van der Waals surface area contributed by atoms with Gasteiger partial charge >= 0.3 is 0 Å². The Bertz CT molecular complexity index is 248. The summed E-state index contributed by atoms with van der Waals surface area (Å²) in [6.07, 6.45) is 0.828. The smallest absolute Gasteiger partial charge is 0.0645 e. The van der Waals surface area contributed by atoms with Crippen LogP contribution >= 0.6 is 0 Å². The minimum atomic E-state index is -0.166. The molecule has 0 spiro atoms. The summed E-state index contributed by atoms with van der Waals surface area (Å²) >= 11 is 0. The molecule has 0 fully saturated rings. The molecule has 68 valence electrons. The van der Waals surface area contributed by atoms with Gasteiger partial charge in [-0.15, -0.1) is 0 Å². The molecule has 0 saturated heterocycles. The first-order valence-corrected chi connectivity index (χ1v) is 4.17. The minimum Gasteiger partial charge on any atom is -0.325 e. The average molecular weight is 167 g/mol. The number of aromatic nitrogens is 2. The molecule has 0 aliphatic rings. The molecule has 0 amide bonds. The van der Waals surface area contributed by atoms with E-state index in [4.69, 9.17) is 5.73 Å². The lowest BCUT2D eigenvalue weighted by Gasteiger charge is -2.15. The fourth-order valence-corrected chi connectivity index (χ4v) is 1.19. The highest BCUT2D eigenvalue weighted by molar-refractivity contribution is 5.10. The second kappa shape index (κ2) is 2.90. The predicted octanol–water partition coefficient (Wildman–Crippen LogP) is 1.01. The first kappa shape index (κ1) is 9.26. The minimum absolute atomic E-state index is 0.166. The highest BCUT2D eigenvalue weighted by Gasteiger charge is 2.13. The van der Waals surface area contributed by atoms with Gasteiger partial charge in [-0.25, -0.2) is 0 Å². The molecule has 0 aromatic carbocycles. The van der Waals surface area contributed by atoms with E-state index in [0.717, 1.165) is 12.1 Å². The van der Waals surface area contributed by atoms with Gasteiger partial charge in [0.2, 0.25) is 0 Å². The number of nitrogens with two attached hydrogens (primary N) is 1. The zero-order valence-electron chi connectivity index (χ0n) is 8.26. The van der Waals surface area contributed by atoms with Crippen LogP contribution in [0.4, 0.5) is 0 Å². The fraction of sp³-hybridized carbons (Fsp3) is 0.667. The SMILES string of the molecule is Cc1cc(CC(C)(C)N)nn1C. The van der Waals surface area contributed by atoms with E-state index < -0.39 is 0 Å². The topological polar surface area (TPSA) is 43.8 Å². The summed E-state index contributed by atoms with van der Waals surface area (Å²) in [5.74, 6) is 0. The molecule has 1 heterocycles. The third-order valence-corrected chi connectivity index (χ3v) is 1.80. The van der Waals surface area contributed by atoms with Crippen LogP contribution in [0.3, 0.4) is 0 Å². The van der Waals surface area contributed by atoms with Crippen LogP contribution in [0.2, 0.25) is 0 Å². The van der Waals surface area contributed by atoms with E-state index in [1.807, 2.05) is 32.5 Å². The van der Waals surface area contributed by atoms with Crippen LogP contribution in [-0.2, 0) is 13.5 Å². The second-order valence-corrected chi connectivity index (χ2v) is 4.07. The first-order chi connectivity index (χ1) is 5.38. The maximum Gasteiger partial charge on any atom is 0.0645 e. The summed E-state index contributed by atoms with van der Waals surface area (Å²) in [5.41, 5.74) is 7.96. The lowest BCUT2D eigenvalue weighted by atomic mass is 10.0. The standard InChI is InChI=1S/C9H17N3/c1-7-5-8(11-12(7)4)6-9(2,3)10/h5H,6,10H2,1-4H3. The molecule has 0 aliphatic carbocycles. The van der Waals surface area contributed by atoms with E-state index in [9.17, 15) is 0 Å². The largest absolute Gasteiger partial charge is 0.325 e. The Balaban J connectivity index is 2.77. The van der Waals surface area contributed by atoms with Gasteiger partial charge in [-0.1, -0.05) is 0 Å². The lowest BCUT2D eigenvalue weighted by Crippen LogP contribution is -2.34. The van der Waals surface area contributed by atoms with Crippen LogP contribution in [0.5, 0.6) is 0 Å². The molecule has 0 unspecified atom stereocenters. The van der Waals surface area contributed by atoms with Crippen molar-refractivity contribution in [3.05, 3.63) is 17.5 Å². The molecule has 0 radical (unpaired) electrons. The van der Waals surface area contributed by atoms with Crippen molar-refractivity contribution >= 4 is 0 Å². The first-order valence-electron chi connectivity index (χ1n) is 4.17. The van der Waals surface area contributed by atoms with Gasteiger partial charge in [0.25, 0.3) is 0 Å². The van der Waals surface area contributed by atoms with Crippen LogP contribution in [0.25, 0.3) is 0 Å². The highest BCUT2D eigenvalue weighted by atomic mass is 15.3. The summed E-state index contributed by atoms with van der Waals surface area (Å²) < 4.78 is 1.88. The Labute approximate surface area is 73.6 Å². The van der Waals surface area contributed by atoms with Gasteiger partial charge in [0, 0.05) is 24.7 Å². The van der Waals surface area contributed by atoms with Gasteiger partial charge in [0.15, 0.2) is 0 Å². The molecule has 0 atom stereocenters. The summed E-state index contributed by atoms with van der Waals surface area (Å²) in [6.45, 7) is 6.06. The molecule has 1 rings (SSSR count). The van der Waals surface area contributed by atoms with Crippen LogP contribution in [0, 0.1) is 6.92 Å². The van der Waals surface area contributed by atoms with Crippen molar-refractivity contribution in [2.24, 2.45) is 12.8 Å². The van der Waals surface area contributed by atoms with Gasteiger partial charge < -0.3 is 5.73 Å². The summed E-state index contributed by atoms with van der Waals surface area (Å²) in [7, 11) is 1.95. The van der Waals surface area contributed by atoms with Crippen molar-refractivity contribution in [3.63, 3.8) is 0 Å². The van der Waals surface area contributed by atoms with Crippen molar-refractivity contribution in [1.29, 1.82) is 0 Å². The number of aryl methyl sites for hydroxylation is 2.